The maximum atomic E-state index is 15.2. The first-order valence-electron chi connectivity index (χ1n) is 17.5. The molecule has 0 saturated heterocycles. The zero-order chi connectivity index (χ0) is 38.1. The van der Waals surface area contributed by atoms with E-state index in [4.69, 9.17) is 0 Å². The van der Waals surface area contributed by atoms with Gasteiger partial charge < -0.3 is 20.7 Å². The SMILES string of the molecule is CCCCCCCCC(CC)Cc1cccc2[nH]c(Nc3ccc(C(O)(C(F)(F)F)C(F)(F)F)c(F)c3)c(C3NCc4cc(S(C)(=O)=O)ccc43)c12. The molecule has 5 rings (SSSR count). The molecule has 2 atom stereocenters. The van der Waals surface area contributed by atoms with Gasteiger partial charge in [-0.05, 0) is 59.4 Å². The van der Waals surface area contributed by atoms with E-state index in [-0.39, 0.29) is 16.6 Å². The molecule has 0 bridgehead atoms. The summed E-state index contributed by atoms with van der Waals surface area (Å²) in [5.74, 6) is -1.21. The number of aromatic nitrogens is 1. The molecule has 2 heterocycles. The summed E-state index contributed by atoms with van der Waals surface area (Å²) in [5.41, 5.74) is -3.62. The monoisotopic (exact) mass is 755 g/mol. The first-order valence-corrected chi connectivity index (χ1v) is 19.4. The molecule has 3 aromatic carbocycles. The summed E-state index contributed by atoms with van der Waals surface area (Å²) >= 11 is 0. The summed E-state index contributed by atoms with van der Waals surface area (Å²) < 4.78 is 121. The van der Waals surface area contributed by atoms with Gasteiger partial charge in [0.2, 0.25) is 0 Å². The molecule has 0 fully saturated rings. The number of nitrogens with one attached hydrogen (secondary N) is 3. The summed E-state index contributed by atoms with van der Waals surface area (Å²) in [4.78, 5) is 3.45. The van der Waals surface area contributed by atoms with E-state index in [1.54, 1.807) is 12.1 Å². The van der Waals surface area contributed by atoms with E-state index in [2.05, 4.69) is 29.5 Å². The third-order valence-corrected chi connectivity index (χ3v) is 11.2. The van der Waals surface area contributed by atoms with Gasteiger partial charge in [-0.2, -0.15) is 26.3 Å². The number of sulfone groups is 1. The summed E-state index contributed by atoms with van der Waals surface area (Å²) in [5, 5.41) is 17.1. The molecule has 0 saturated carbocycles. The minimum atomic E-state index is -6.24. The first kappa shape index (κ1) is 39.6. The molecule has 0 aliphatic carbocycles. The Balaban J connectivity index is 1.57. The van der Waals surface area contributed by atoms with Gasteiger partial charge >= 0.3 is 12.4 Å². The maximum Gasteiger partial charge on any atom is 0.430 e. The standard InChI is InChI=1S/C38H44F7N3O3S/c1-4-6-7-8-9-10-12-23(5-2)19-24-13-11-14-31-32(24)33(34-28-17-16-27(52(3,50)51)20-25(28)22-46-34)35(48-31)47-26-15-18-29(30(39)21-26)36(49,37(40,41)42)38(43,44)45/h11,13-18,20-21,23,34,46-49H,4-10,12,19,22H2,1-3H3. The van der Waals surface area contributed by atoms with Crippen LogP contribution in [0, 0.1) is 11.7 Å². The fourth-order valence-electron chi connectivity index (χ4n) is 7.21. The van der Waals surface area contributed by atoms with E-state index < -0.39 is 45.2 Å². The highest BCUT2D eigenvalue weighted by atomic mass is 32.2. The zero-order valence-corrected chi connectivity index (χ0v) is 30.1. The molecule has 1 aliphatic rings. The van der Waals surface area contributed by atoms with Crippen molar-refractivity contribution in [1.82, 2.24) is 10.3 Å². The molecule has 6 nitrogen and oxygen atoms in total. The number of aliphatic hydroxyl groups is 1. The number of fused-ring (bicyclic) bond motifs is 2. The highest BCUT2D eigenvalue weighted by Gasteiger charge is 2.72. The average molecular weight is 756 g/mol. The van der Waals surface area contributed by atoms with Crippen LogP contribution in [0.1, 0.15) is 99.1 Å². The predicted molar refractivity (Wildman–Crippen MR) is 188 cm³/mol. The summed E-state index contributed by atoms with van der Waals surface area (Å²) in [7, 11) is -3.49. The molecule has 0 spiro atoms. The molecule has 0 radical (unpaired) electrons. The van der Waals surface area contributed by atoms with Crippen molar-refractivity contribution in [2.75, 3.05) is 11.6 Å². The van der Waals surface area contributed by atoms with Crippen LogP contribution in [0.25, 0.3) is 10.9 Å². The van der Waals surface area contributed by atoms with Crippen molar-refractivity contribution >= 4 is 32.2 Å². The highest BCUT2D eigenvalue weighted by molar-refractivity contribution is 7.90. The third kappa shape index (κ3) is 7.98. The predicted octanol–water partition coefficient (Wildman–Crippen LogP) is 10.3. The van der Waals surface area contributed by atoms with Crippen molar-refractivity contribution in [2.45, 2.75) is 107 Å². The zero-order valence-electron chi connectivity index (χ0n) is 29.2. The Morgan fingerprint density at radius 1 is 0.923 bits per heavy atom. The molecule has 4 aromatic rings. The number of anilines is 2. The fourth-order valence-corrected chi connectivity index (χ4v) is 7.88. The van der Waals surface area contributed by atoms with Crippen LogP contribution in [0.5, 0.6) is 0 Å². The smallest absolute Gasteiger partial charge is 0.369 e. The molecule has 0 amide bonds. The number of benzene rings is 3. The van der Waals surface area contributed by atoms with Crippen LogP contribution in [0.4, 0.5) is 42.2 Å². The van der Waals surface area contributed by atoms with E-state index in [0.29, 0.717) is 35.4 Å². The third-order valence-electron chi connectivity index (χ3n) is 10.1. The molecule has 1 aromatic heterocycles. The Labute approximate surface area is 299 Å². The second-order valence-electron chi connectivity index (χ2n) is 13.8. The van der Waals surface area contributed by atoms with E-state index in [9.17, 15) is 39.9 Å². The number of alkyl halides is 6. The number of halogens is 7. The molecule has 4 N–H and O–H groups in total. The Morgan fingerprint density at radius 3 is 2.25 bits per heavy atom. The van der Waals surface area contributed by atoms with E-state index in [0.717, 1.165) is 66.5 Å². The Kier molecular flexibility index (Phi) is 11.7. The number of rotatable bonds is 15. The Bertz CT molecular complexity index is 1980. The second kappa shape index (κ2) is 15.4. The van der Waals surface area contributed by atoms with Gasteiger partial charge in [0.05, 0.1) is 10.9 Å². The Morgan fingerprint density at radius 2 is 1.62 bits per heavy atom. The average Bonchev–Trinajstić information content (AvgIpc) is 3.64. The van der Waals surface area contributed by atoms with Crippen molar-refractivity contribution in [2.24, 2.45) is 5.92 Å². The summed E-state index contributed by atoms with van der Waals surface area (Å²) in [6.07, 6.45) is -1.58. The van der Waals surface area contributed by atoms with Gasteiger partial charge in [-0.1, -0.05) is 89.5 Å². The number of hydrogen-bond acceptors (Lipinski definition) is 5. The first-order chi connectivity index (χ1) is 24.4. The molecule has 1 aliphatic heterocycles. The van der Waals surface area contributed by atoms with E-state index >= 15 is 4.39 Å². The van der Waals surface area contributed by atoms with Gasteiger partial charge in [0, 0.05) is 40.5 Å². The number of unbranched alkanes of at least 4 members (excludes halogenated alkanes) is 5. The topological polar surface area (TPSA) is 94.2 Å². The minimum Gasteiger partial charge on any atom is -0.369 e. The van der Waals surface area contributed by atoms with Gasteiger partial charge in [-0.3, -0.25) is 0 Å². The summed E-state index contributed by atoms with van der Waals surface area (Å²) in [6.45, 7) is 4.66. The second-order valence-corrected chi connectivity index (χ2v) is 15.8. The lowest BCUT2D eigenvalue weighted by atomic mass is 9.88. The van der Waals surface area contributed by atoms with Crippen molar-refractivity contribution in [3.05, 3.63) is 88.2 Å². The highest BCUT2D eigenvalue weighted by Crippen LogP contribution is 2.51. The van der Waals surface area contributed by atoms with Gasteiger partial charge in [-0.25, -0.2) is 12.8 Å². The molecule has 14 heteroatoms. The molecular weight excluding hydrogens is 711 g/mol. The van der Waals surface area contributed by atoms with Crippen molar-refractivity contribution in [1.29, 1.82) is 0 Å². The Hall–Kier alpha value is -3.62. The van der Waals surface area contributed by atoms with Crippen LogP contribution in [-0.2, 0) is 28.4 Å². The number of H-pyrrole nitrogens is 1. The van der Waals surface area contributed by atoms with Crippen LogP contribution in [0.3, 0.4) is 0 Å². The lowest BCUT2D eigenvalue weighted by Crippen LogP contribution is -2.54. The van der Waals surface area contributed by atoms with E-state index in [1.807, 2.05) is 18.2 Å². The lowest BCUT2D eigenvalue weighted by Gasteiger charge is -2.33. The van der Waals surface area contributed by atoms with Crippen molar-refractivity contribution in [3.8, 4) is 0 Å². The van der Waals surface area contributed by atoms with Gasteiger partial charge in [0.25, 0.3) is 5.60 Å². The normalized spacial score (nSPS) is 16.0. The largest absolute Gasteiger partial charge is 0.430 e. The van der Waals surface area contributed by atoms with Crippen LogP contribution in [0.2, 0.25) is 0 Å². The number of aromatic amines is 1. The van der Waals surface area contributed by atoms with Crippen molar-refractivity contribution in [3.63, 3.8) is 0 Å². The summed E-state index contributed by atoms with van der Waals surface area (Å²) in [6, 6.07) is 11.7. The lowest BCUT2D eigenvalue weighted by molar-refractivity contribution is -0.377. The number of hydrogen-bond donors (Lipinski definition) is 4. The van der Waals surface area contributed by atoms with Crippen LogP contribution in [0.15, 0.2) is 59.5 Å². The molecule has 284 valence electrons. The van der Waals surface area contributed by atoms with Gasteiger partial charge in [0.15, 0.2) is 9.84 Å². The molecule has 2 unspecified atom stereocenters. The molecule has 52 heavy (non-hydrogen) atoms. The van der Waals surface area contributed by atoms with E-state index in [1.165, 1.54) is 31.7 Å². The minimum absolute atomic E-state index is 0.153. The van der Waals surface area contributed by atoms with Crippen molar-refractivity contribution < 1.29 is 44.3 Å². The molecular formula is C38H44F7N3O3S. The van der Waals surface area contributed by atoms with Gasteiger partial charge in [-0.15, -0.1) is 0 Å². The fraction of sp³-hybridized carbons (Fsp3) is 0.474. The maximum absolute atomic E-state index is 15.2. The quantitative estimate of drug-likeness (QED) is 0.0716. The van der Waals surface area contributed by atoms with Crippen LogP contribution in [-0.4, -0.2) is 37.1 Å². The van der Waals surface area contributed by atoms with Gasteiger partial charge in [0.1, 0.15) is 11.6 Å². The van der Waals surface area contributed by atoms with Crippen LogP contribution < -0.4 is 10.6 Å². The van der Waals surface area contributed by atoms with Crippen LogP contribution >= 0.6 is 0 Å².